The lowest BCUT2D eigenvalue weighted by Gasteiger charge is -2.32. The molecule has 0 unspecified atom stereocenters. The Bertz CT molecular complexity index is 899. The first-order valence-electron chi connectivity index (χ1n) is 8.31. The summed E-state index contributed by atoms with van der Waals surface area (Å²) in [6.07, 6.45) is 3.37. The second kappa shape index (κ2) is 7.38. The average Bonchev–Trinajstić information content (AvgIpc) is 2.61. The summed E-state index contributed by atoms with van der Waals surface area (Å²) in [5.41, 5.74) is 1.42. The summed E-state index contributed by atoms with van der Waals surface area (Å²) >= 11 is 0. The molecule has 1 fully saturated rings. The molecule has 1 aliphatic heterocycles. The van der Waals surface area contributed by atoms with Gasteiger partial charge in [-0.05, 0) is 50.1 Å². The van der Waals surface area contributed by atoms with Crippen molar-refractivity contribution in [2.45, 2.75) is 24.7 Å². The molecule has 3 rings (SSSR count). The fourth-order valence-corrected chi connectivity index (χ4v) is 3.45. The summed E-state index contributed by atoms with van der Waals surface area (Å²) in [6, 6.07) is 7.64. The number of nitrogens with two attached hydrogens (primary N) is 1. The van der Waals surface area contributed by atoms with Gasteiger partial charge in [0.2, 0.25) is 21.9 Å². The number of carbonyl (C=O) groups is 1. The molecule has 1 amide bonds. The molecule has 1 saturated heterocycles. The van der Waals surface area contributed by atoms with Gasteiger partial charge in [-0.3, -0.25) is 4.79 Å². The number of amides is 1. The molecule has 0 saturated carbocycles. The molecule has 1 aromatic carbocycles. The summed E-state index contributed by atoms with van der Waals surface area (Å²) in [5.74, 6) is 0.344. The van der Waals surface area contributed by atoms with Crippen molar-refractivity contribution in [1.82, 2.24) is 9.97 Å². The minimum Gasteiger partial charge on any atom is -0.340 e. The lowest BCUT2D eigenvalue weighted by atomic mass is 9.97. The van der Waals surface area contributed by atoms with Crippen LogP contribution in [-0.2, 0) is 14.8 Å². The van der Waals surface area contributed by atoms with Gasteiger partial charge >= 0.3 is 0 Å². The number of benzene rings is 1. The van der Waals surface area contributed by atoms with E-state index in [-0.39, 0.29) is 16.7 Å². The smallest absolute Gasteiger partial charge is 0.238 e. The predicted molar refractivity (Wildman–Crippen MR) is 98.2 cm³/mol. The van der Waals surface area contributed by atoms with Crippen molar-refractivity contribution < 1.29 is 13.2 Å². The van der Waals surface area contributed by atoms with E-state index in [0.717, 1.165) is 25.1 Å². The summed E-state index contributed by atoms with van der Waals surface area (Å²) in [4.78, 5) is 23.3. The highest BCUT2D eigenvalue weighted by atomic mass is 32.2. The normalized spacial score (nSPS) is 17.8. The van der Waals surface area contributed by atoms with Crippen LogP contribution in [0.2, 0.25) is 0 Å². The number of primary sulfonamides is 1. The number of aromatic nitrogens is 2. The molecule has 0 aliphatic carbocycles. The minimum absolute atomic E-state index is 0.0101. The Kier molecular flexibility index (Phi) is 5.19. The molecule has 0 bridgehead atoms. The lowest BCUT2D eigenvalue weighted by molar-refractivity contribution is -0.120. The number of carbonyl (C=O) groups excluding carboxylic acids is 1. The quantitative estimate of drug-likeness (QED) is 0.831. The second-order valence-corrected chi connectivity index (χ2v) is 7.90. The third kappa shape index (κ3) is 4.36. The van der Waals surface area contributed by atoms with Gasteiger partial charge in [-0.25, -0.2) is 23.5 Å². The van der Waals surface area contributed by atoms with Gasteiger partial charge in [-0.1, -0.05) is 0 Å². The molecule has 2 aromatic rings. The number of anilines is 2. The van der Waals surface area contributed by atoms with Crippen LogP contribution in [0.1, 0.15) is 18.5 Å². The highest BCUT2D eigenvalue weighted by molar-refractivity contribution is 7.89. The fraction of sp³-hybridized carbons (Fsp3) is 0.353. The van der Waals surface area contributed by atoms with Crippen LogP contribution in [0.5, 0.6) is 0 Å². The van der Waals surface area contributed by atoms with E-state index in [4.69, 9.17) is 5.14 Å². The number of piperidine rings is 1. The van der Waals surface area contributed by atoms with Crippen LogP contribution >= 0.6 is 0 Å². The zero-order chi connectivity index (χ0) is 18.7. The zero-order valence-electron chi connectivity index (χ0n) is 14.4. The number of nitrogens with one attached hydrogen (secondary N) is 1. The molecule has 138 valence electrons. The van der Waals surface area contributed by atoms with E-state index in [0.29, 0.717) is 18.2 Å². The molecular weight excluding hydrogens is 354 g/mol. The Morgan fingerprint density at radius 2 is 2.00 bits per heavy atom. The zero-order valence-corrected chi connectivity index (χ0v) is 15.2. The lowest BCUT2D eigenvalue weighted by Crippen LogP contribution is -2.41. The van der Waals surface area contributed by atoms with E-state index >= 15 is 0 Å². The molecule has 9 heteroatoms. The van der Waals surface area contributed by atoms with Gasteiger partial charge in [-0.2, -0.15) is 0 Å². The van der Waals surface area contributed by atoms with Crippen molar-refractivity contribution in [3.8, 4) is 0 Å². The maximum Gasteiger partial charge on any atom is 0.238 e. The van der Waals surface area contributed by atoms with Gasteiger partial charge in [0.15, 0.2) is 0 Å². The van der Waals surface area contributed by atoms with E-state index in [2.05, 4.69) is 15.3 Å². The molecule has 8 nitrogen and oxygen atoms in total. The maximum atomic E-state index is 12.6. The van der Waals surface area contributed by atoms with Gasteiger partial charge in [0.25, 0.3) is 0 Å². The molecule has 1 atom stereocenters. The summed E-state index contributed by atoms with van der Waals surface area (Å²) < 4.78 is 22.6. The monoisotopic (exact) mass is 375 g/mol. The van der Waals surface area contributed by atoms with Crippen molar-refractivity contribution >= 4 is 27.6 Å². The van der Waals surface area contributed by atoms with Crippen LogP contribution in [0.4, 0.5) is 11.6 Å². The standard InChI is InChI=1S/C17H21N5O3S/c1-12-8-9-19-17(20-12)22-10-2-3-13(11-22)16(23)21-14-4-6-15(7-5-14)26(18,24)25/h4-9,13H,2-3,10-11H2,1H3,(H,21,23)(H2,18,24,25)/t13-/m0/s1. The van der Waals surface area contributed by atoms with Gasteiger partial charge < -0.3 is 10.2 Å². The topological polar surface area (TPSA) is 118 Å². The van der Waals surface area contributed by atoms with E-state index in [1.54, 1.807) is 6.20 Å². The first-order valence-corrected chi connectivity index (χ1v) is 9.86. The number of hydrogen-bond donors (Lipinski definition) is 2. The first-order chi connectivity index (χ1) is 12.3. The Balaban J connectivity index is 1.66. The molecule has 1 aromatic heterocycles. The summed E-state index contributed by atoms with van der Waals surface area (Å²) in [7, 11) is -3.74. The van der Waals surface area contributed by atoms with Crippen LogP contribution in [0.25, 0.3) is 0 Å². The largest absolute Gasteiger partial charge is 0.340 e. The van der Waals surface area contributed by atoms with Crippen molar-refractivity contribution in [3.63, 3.8) is 0 Å². The molecular formula is C17H21N5O3S. The predicted octanol–water partition coefficient (Wildman–Crippen LogP) is 1.29. The second-order valence-electron chi connectivity index (χ2n) is 6.34. The van der Waals surface area contributed by atoms with E-state index < -0.39 is 10.0 Å². The van der Waals surface area contributed by atoms with Gasteiger partial charge in [0.05, 0.1) is 10.8 Å². The highest BCUT2D eigenvalue weighted by Crippen LogP contribution is 2.22. The maximum absolute atomic E-state index is 12.6. The van der Waals surface area contributed by atoms with Crippen molar-refractivity contribution in [3.05, 3.63) is 42.2 Å². The van der Waals surface area contributed by atoms with E-state index in [1.165, 1.54) is 24.3 Å². The van der Waals surface area contributed by atoms with Crippen LogP contribution in [0, 0.1) is 12.8 Å². The van der Waals surface area contributed by atoms with Gasteiger partial charge in [0.1, 0.15) is 0 Å². The fourth-order valence-electron chi connectivity index (χ4n) is 2.93. The van der Waals surface area contributed by atoms with Crippen molar-refractivity contribution in [1.29, 1.82) is 0 Å². The Morgan fingerprint density at radius 1 is 1.27 bits per heavy atom. The van der Waals surface area contributed by atoms with Crippen LogP contribution < -0.4 is 15.4 Å². The van der Waals surface area contributed by atoms with Crippen LogP contribution in [0.3, 0.4) is 0 Å². The summed E-state index contributed by atoms with van der Waals surface area (Å²) in [6.45, 7) is 3.27. The Morgan fingerprint density at radius 3 is 2.65 bits per heavy atom. The van der Waals surface area contributed by atoms with E-state index in [9.17, 15) is 13.2 Å². The number of hydrogen-bond acceptors (Lipinski definition) is 6. The number of nitrogens with zero attached hydrogens (tertiary/aromatic N) is 3. The molecule has 0 radical (unpaired) electrons. The molecule has 1 aliphatic rings. The van der Waals surface area contributed by atoms with Crippen molar-refractivity contribution in [2.75, 3.05) is 23.3 Å². The SMILES string of the molecule is Cc1ccnc(N2CCC[C@H](C(=O)Nc3ccc(S(N)(=O)=O)cc3)C2)n1. The molecule has 3 N–H and O–H groups in total. The number of rotatable bonds is 4. The Hall–Kier alpha value is -2.52. The summed E-state index contributed by atoms with van der Waals surface area (Å²) in [5, 5.41) is 7.91. The number of sulfonamides is 1. The van der Waals surface area contributed by atoms with E-state index in [1.807, 2.05) is 17.9 Å². The Labute approximate surface area is 152 Å². The molecule has 2 heterocycles. The first kappa shape index (κ1) is 18.3. The highest BCUT2D eigenvalue weighted by Gasteiger charge is 2.27. The molecule has 26 heavy (non-hydrogen) atoms. The minimum atomic E-state index is -3.74. The van der Waals surface area contributed by atoms with Crippen LogP contribution in [-0.4, -0.2) is 37.4 Å². The number of aryl methyl sites for hydroxylation is 1. The third-order valence-corrected chi connectivity index (χ3v) is 5.24. The van der Waals surface area contributed by atoms with Gasteiger partial charge in [0, 0.05) is 30.7 Å². The van der Waals surface area contributed by atoms with Crippen molar-refractivity contribution in [2.24, 2.45) is 11.1 Å². The average molecular weight is 375 g/mol. The van der Waals surface area contributed by atoms with Gasteiger partial charge in [-0.15, -0.1) is 0 Å². The van der Waals surface area contributed by atoms with Crippen LogP contribution in [0.15, 0.2) is 41.4 Å². The third-order valence-electron chi connectivity index (χ3n) is 4.31. The molecule has 0 spiro atoms.